The smallest absolute Gasteiger partial charge is 0.255 e. The molecule has 0 spiro atoms. The molecular weight excluding hydrogens is 378 g/mol. The Morgan fingerprint density at radius 2 is 1.90 bits per heavy atom. The van der Waals surface area contributed by atoms with Crippen LogP contribution in [0.4, 0.5) is 5.69 Å². The first-order chi connectivity index (χ1) is 14.5. The van der Waals surface area contributed by atoms with Gasteiger partial charge in [0.15, 0.2) is 0 Å². The SMILES string of the molecule is Cc1ccccc1-n1ncc(C(=O)NCc2ccc(N3CCNC(=O)C3)cc2)c1C. The van der Waals surface area contributed by atoms with E-state index >= 15 is 0 Å². The molecule has 2 aromatic carbocycles. The Kier molecular flexibility index (Phi) is 5.52. The Hall–Kier alpha value is -3.61. The van der Waals surface area contributed by atoms with Gasteiger partial charge in [0.25, 0.3) is 5.91 Å². The molecule has 0 saturated carbocycles. The van der Waals surface area contributed by atoms with Gasteiger partial charge in [-0.1, -0.05) is 30.3 Å². The lowest BCUT2D eigenvalue weighted by atomic mass is 10.1. The molecule has 0 radical (unpaired) electrons. The molecule has 2 amide bonds. The number of para-hydroxylation sites is 1. The fraction of sp³-hybridized carbons (Fsp3) is 0.261. The molecule has 1 fully saturated rings. The molecule has 4 rings (SSSR count). The number of nitrogens with zero attached hydrogens (tertiary/aromatic N) is 3. The number of piperazine rings is 1. The monoisotopic (exact) mass is 403 g/mol. The van der Waals surface area contributed by atoms with Crippen LogP contribution in [0.25, 0.3) is 5.69 Å². The normalized spacial score (nSPS) is 13.8. The van der Waals surface area contributed by atoms with E-state index in [1.54, 1.807) is 10.9 Å². The summed E-state index contributed by atoms with van der Waals surface area (Å²) in [6, 6.07) is 15.9. The van der Waals surface area contributed by atoms with Crippen molar-refractivity contribution < 1.29 is 9.59 Å². The van der Waals surface area contributed by atoms with Crippen LogP contribution in [-0.2, 0) is 11.3 Å². The molecule has 1 aliphatic heterocycles. The summed E-state index contributed by atoms with van der Waals surface area (Å²) >= 11 is 0. The summed E-state index contributed by atoms with van der Waals surface area (Å²) < 4.78 is 1.80. The van der Waals surface area contributed by atoms with Crippen molar-refractivity contribution in [3.05, 3.63) is 77.1 Å². The lowest BCUT2D eigenvalue weighted by Crippen LogP contribution is -2.47. The van der Waals surface area contributed by atoms with Gasteiger partial charge in [-0.15, -0.1) is 0 Å². The Balaban J connectivity index is 1.40. The number of nitrogens with one attached hydrogen (secondary N) is 2. The van der Waals surface area contributed by atoms with Crippen LogP contribution >= 0.6 is 0 Å². The summed E-state index contributed by atoms with van der Waals surface area (Å²) in [7, 11) is 0. The molecule has 1 aliphatic rings. The van der Waals surface area contributed by atoms with Crippen LogP contribution < -0.4 is 15.5 Å². The Bertz CT molecular complexity index is 1070. The van der Waals surface area contributed by atoms with Crippen molar-refractivity contribution in [2.45, 2.75) is 20.4 Å². The maximum absolute atomic E-state index is 12.7. The highest BCUT2D eigenvalue weighted by molar-refractivity contribution is 5.95. The molecule has 0 atom stereocenters. The molecule has 0 unspecified atom stereocenters. The largest absolute Gasteiger partial charge is 0.360 e. The average Bonchev–Trinajstić information content (AvgIpc) is 3.14. The molecule has 1 saturated heterocycles. The fourth-order valence-electron chi connectivity index (χ4n) is 3.64. The van der Waals surface area contributed by atoms with Crippen LogP contribution in [0, 0.1) is 13.8 Å². The number of carbonyl (C=O) groups is 2. The van der Waals surface area contributed by atoms with Crippen molar-refractivity contribution in [1.82, 2.24) is 20.4 Å². The minimum atomic E-state index is -0.149. The van der Waals surface area contributed by atoms with E-state index in [0.29, 0.717) is 25.2 Å². The molecule has 0 aliphatic carbocycles. The zero-order valence-corrected chi connectivity index (χ0v) is 17.2. The first kappa shape index (κ1) is 19.7. The quantitative estimate of drug-likeness (QED) is 0.686. The zero-order valence-electron chi connectivity index (χ0n) is 17.2. The van der Waals surface area contributed by atoms with E-state index < -0.39 is 0 Å². The van der Waals surface area contributed by atoms with Gasteiger partial charge in [0.1, 0.15) is 0 Å². The van der Waals surface area contributed by atoms with Gasteiger partial charge in [0.2, 0.25) is 5.91 Å². The summed E-state index contributed by atoms with van der Waals surface area (Å²) in [5.41, 5.74) is 5.44. The van der Waals surface area contributed by atoms with E-state index in [0.717, 1.165) is 34.7 Å². The van der Waals surface area contributed by atoms with Crippen LogP contribution in [-0.4, -0.2) is 41.2 Å². The third-order valence-corrected chi connectivity index (χ3v) is 5.39. The number of hydrogen-bond acceptors (Lipinski definition) is 4. The van der Waals surface area contributed by atoms with E-state index in [9.17, 15) is 9.59 Å². The maximum atomic E-state index is 12.7. The third kappa shape index (κ3) is 4.05. The van der Waals surface area contributed by atoms with Crippen LogP contribution in [0.2, 0.25) is 0 Å². The van der Waals surface area contributed by atoms with E-state index in [1.165, 1.54) is 0 Å². The summed E-state index contributed by atoms with van der Waals surface area (Å²) in [5, 5.41) is 10.2. The molecule has 3 aromatic rings. The number of carbonyl (C=O) groups excluding carboxylic acids is 2. The fourth-order valence-corrected chi connectivity index (χ4v) is 3.64. The Morgan fingerprint density at radius 1 is 1.13 bits per heavy atom. The zero-order chi connectivity index (χ0) is 21.1. The minimum Gasteiger partial charge on any atom is -0.360 e. The predicted molar refractivity (Wildman–Crippen MR) is 116 cm³/mol. The maximum Gasteiger partial charge on any atom is 0.255 e. The minimum absolute atomic E-state index is 0.0409. The second kappa shape index (κ2) is 8.41. The first-order valence-electron chi connectivity index (χ1n) is 10.0. The number of aryl methyl sites for hydroxylation is 1. The highest BCUT2D eigenvalue weighted by Crippen LogP contribution is 2.18. The number of aromatic nitrogens is 2. The van der Waals surface area contributed by atoms with Crippen LogP contribution in [0.5, 0.6) is 0 Å². The van der Waals surface area contributed by atoms with Crippen molar-refractivity contribution in [1.29, 1.82) is 0 Å². The molecule has 30 heavy (non-hydrogen) atoms. The van der Waals surface area contributed by atoms with Crippen molar-refractivity contribution in [3.8, 4) is 5.69 Å². The topological polar surface area (TPSA) is 79.3 Å². The van der Waals surface area contributed by atoms with Gasteiger partial charge in [-0.3, -0.25) is 9.59 Å². The summed E-state index contributed by atoms with van der Waals surface area (Å²) in [5.74, 6) is -0.108. The lowest BCUT2D eigenvalue weighted by molar-refractivity contribution is -0.120. The average molecular weight is 403 g/mol. The van der Waals surface area contributed by atoms with Crippen molar-refractivity contribution in [2.75, 3.05) is 24.5 Å². The molecular formula is C23H25N5O2. The second-order valence-corrected chi connectivity index (χ2v) is 7.46. The standard InChI is InChI=1S/C23H25N5O2/c1-16-5-3-4-6-21(16)28-17(2)20(14-26-28)23(30)25-13-18-7-9-19(10-8-18)27-12-11-24-22(29)15-27/h3-10,14H,11-13,15H2,1-2H3,(H,24,29)(H,25,30). The third-order valence-electron chi connectivity index (χ3n) is 5.39. The van der Waals surface area contributed by atoms with Gasteiger partial charge >= 0.3 is 0 Å². The van der Waals surface area contributed by atoms with Gasteiger partial charge < -0.3 is 15.5 Å². The van der Waals surface area contributed by atoms with Crippen LogP contribution in [0.1, 0.15) is 27.2 Å². The lowest BCUT2D eigenvalue weighted by Gasteiger charge is -2.28. The Labute approximate surface area is 175 Å². The molecule has 2 N–H and O–H groups in total. The van der Waals surface area contributed by atoms with Gasteiger partial charge in [0.05, 0.1) is 29.7 Å². The number of hydrogen-bond donors (Lipinski definition) is 2. The van der Waals surface area contributed by atoms with E-state index in [-0.39, 0.29) is 11.8 Å². The van der Waals surface area contributed by atoms with E-state index in [1.807, 2.05) is 67.3 Å². The Morgan fingerprint density at radius 3 is 2.63 bits per heavy atom. The van der Waals surface area contributed by atoms with E-state index in [2.05, 4.69) is 15.7 Å². The highest BCUT2D eigenvalue weighted by Gasteiger charge is 2.17. The highest BCUT2D eigenvalue weighted by atomic mass is 16.2. The number of amides is 2. The molecule has 7 nitrogen and oxygen atoms in total. The van der Waals surface area contributed by atoms with Gasteiger partial charge in [0, 0.05) is 25.3 Å². The van der Waals surface area contributed by atoms with Gasteiger partial charge in [-0.2, -0.15) is 5.10 Å². The molecule has 154 valence electrons. The van der Waals surface area contributed by atoms with Crippen molar-refractivity contribution in [3.63, 3.8) is 0 Å². The van der Waals surface area contributed by atoms with Gasteiger partial charge in [-0.05, 0) is 43.2 Å². The summed E-state index contributed by atoms with van der Waals surface area (Å²) in [6.45, 7) is 6.18. The number of benzene rings is 2. The first-order valence-corrected chi connectivity index (χ1v) is 10.0. The number of anilines is 1. The predicted octanol–water partition coefficient (Wildman–Crippen LogP) is 2.36. The van der Waals surface area contributed by atoms with Crippen LogP contribution in [0.3, 0.4) is 0 Å². The second-order valence-electron chi connectivity index (χ2n) is 7.46. The van der Waals surface area contributed by atoms with Gasteiger partial charge in [-0.25, -0.2) is 4.68 Å². The molecule has 2 heterocycles. The van der Waals surface area contributed by atoms with Crippen molar-refractivity contribution in [2.24, 2.45) is 0 Å². The van der Waals surface area contributed by atoms with Crippen molar-refractivity contribution >= 4 is 17.5 Å². The van der Waals surface area contributed by atoms with Crippen LogP contribution in [0.15, 0.2) is 54.7 Å². The summed E-state index contributed by atoms with van der Waals surface area (Å²) in [4.78, 5) is 26.3. The number of rotatable bonds is 5. The van der Waals surface area contributed by atoms with E-state index in [4.69, 9.17) is 0 Å². The summed E-state index contributed by atoms with van der Waals surface area (Å²) in [6.07, 6.45) is 1.61. The molecule has 1 aromatic heterocycles. The molecule has 7 heteroatoms. The molecule has 0 bridgehead atoms.